The normalized spacial score (nSPS) is 11.6. The number of halogens is 6. The quantitative estimate of drug-likeness (QED) is 0.232. The summed E-state index contributed by atoms with van der Waals surface area (Å²) in [6.07, 6.45) is -9.54. The second kappa shape index (κ2) is 9.52. The third-order valence-electron chi connectivity index (χ3n) is 4.61. The minimum absolute atomic E-state index is 0.0804. The highest BCUT2D eigenvalue weighted by atomic mass is 19.4. The monoisotopic (exact) mass is 500 g/mol. The number of nitro benzene ring substituents is 1. The Morgan fingerprint density at radius 3 is 2.00 bits per heavy atom. The minimum Gasteiger partial charge on any atom is -0.495 e. The Balaban J connectivity index is 1.97. The molecule has 1 N–H and O–H groups in total. The lowest BCUT2D eigenvalue weighted by atomic mass is 10.1. The first-order valence-electron chi connectivity index (χ1n) is 9.50. The third kappa shape index (κ3) is 5.80. The predicted molar refractivity (Wildman–Crippen MR) is 111 cm³/mol. The number of benzene rings is 3. The van der Waals surface area contributed by atoms with E-state index >= 15 is 0 Å². The van der Waals surface area contributed by atoms with E-state index in [1.807, 2.05) is 0 Å². The molecule has 3 rings (SSSR count). The standard InChI is InChI=1S/C22H14F6N2O5/c1-34-18-8-6-12(21(23,24)25)10-15(18)29-20(31)14-4-2-3-5-17(14)35-19-9-7-13(22(26,27)28)11-16(19)30(32)33/h2-11H,1H3,(H,29,31). The Morgan fingerprint density at radius 1 is 0.857 bits per heavy atom. The molecule has 0 aliphatic heterocycles. The number of methoxy groups -OCH3 is 1. The molecule has 0 saturated heterocycles. The van der Waals surface area contributed by atoms with Crippen molar-refractivity contribution in [2.45, 2.75) is 12.4 Å². The molecular weight excluding hydrogens is 486 g/mol. The van der Waals surface area contributed by atoms with Crippen molar-refractivity contribution in [1.82, 2.24) is 0 Å². The van der Waals surface area contributed by atoms with Gasteiger partial charge in [-0.2, -0.15) is 26.3 Å². The van der Waals surface area contributed by atoms with Crippen LogP contribution in [0.5, 0.6) is 17.2 Å². The maximum Gasteiger partial charge on any atom is 0.416 e. The average Bonchev–Trinajstić information content (AvgIpc) is 2.78. The molecule has 0 spiro atoms. The molecule has 13 heteroatoms. The van der Waals surface area contributed by atoms with Gasteiger partial charge in [-0.1, -0.05) is 12.1 Å². The summed E-state index contributed by atoms with van der Waals surface area (Å²) in [5.41, 5.74) is -3.92. The van der Waals surface area contributed by atoms with Crippen molar-refractivity contribution >= 4 is 17.3 Å². The Morgan fingerprint density at radius 2 is 1.43 bits per heavy atom. The fraction of sp³-hybridized carbons (Fsp3) is 0.136. The van der Waals surface area contributed by atoms with Crippen LogP contribution >= 0.6 is 0 Å². The molecule has 0 aliphatic carbocycles. The Hall–Kier alpha value is -4.29. The van der Waals surface area contributed by atoms with Crippen LogP contribution in [0.15, 0.2) is 60.7 Å². The summed E-state index contributed by atoms with van der Waals surface area (Å²) in [4.78, 5) is 23.1. The summed E-state index contributed by atoms with van der Waals surface area (Å²) in [5, 5.41) is 13.6. The van der Waals surface area contributed by atoms with Crippen LogP contribution in [0.1, 0.15) is 21.5 Å². The Bertz CT molecular complexity index is 1270. The van der Waals surface area contributed by atoms with Gasteiger partial charge < -0.3 is 14.8 Å². The van der Waals surface area contributed by atoms with Gasteiger partial charge in [0.2, 0.25) is 5.75 Å². The number of rotatable bonds is 6. The van der Waals surface area contributed by atoms with Gasteiger partial charge in [-0.05, 0) is 42.5 Å². The number of hydrogen-bond donors (Lipinski definition) is 1. The number of carbonyl (C=O) groups excluding carboxylic acids is 1. The number of carbonyl (C=O) groups is 1. The van der Waals surface area contributed by atoms with Gasteiger partial charge in [0.15, 0.2) is 0 Å². The molecule has 184 valence electrons. The van der Waals surface area contributed by atoms with E-state index in [-0.39, 0.29) is 28.8 Å². The molecule has 0 fully saturated rings. The first-order valence-corrected chi connectivity index (χ1v) is 9.50. The van der Waals surface area contributed by atoms with Gasteiger partial charge in [0, 0.05) is 6.07 Å². The van der Waals surface area contributed by atoms with E-state index in [0.717, 1.165) is 18.2 Å². The van der Waals surface area contributed by atoms with Crippen LogP contribution in [-0.4, -0.2) is 17.9 Å². The first kappa shape index (κ1) is 25.3. The fourth-order valence-electron chi connectivity index (χ4n) is 2.96. The number of alkyl halides is 6. The molecule has 0 radical (unpaired) electrons. The van der Waals surface area contributed by atoms with Gasteiger partial charge in [0.25, 0.3) is 5.91 Å². The van der Waals surface area contributed by atoms with Crippen LogP contribution in [0, 0.1) is 10.1 Å². The lowest BCUT2D eigenvalue weighted by Crippen LogP contribution is -2.15. The fourth-order valence-corrected chi connectivity index (χ4v) is 2.96. The van der Waals surface area contributed by atoms with E-state index in [1.54, 1.807) is 0 Å². The Labute approximate surface area is 193 Å². The smallest absolute Gasteiger partial charge is 0.416 e. The number of nitro groups is 1. The average molecular weight is 500 g/mol. The first-order chi connectivity index (χ1) is 16.3. The van der Waals surface area contributed by atoms with Crippen molar-refractivity contribution in [1.29, 1.82) is 0 Å². The van der Waals surface area contributed by atoms with Crippen molar-refractivity contribution in [3.05, 3.63) is 87.5 Å². The molecule has 1 amide bonds. The molecule has 3 aromatic carbocycles. The third-order valence-corrected chi connectivity index (χ3v) is 4.61. The summed E-state index contributed by atoms with van der Waals surface area (Å²) in [6, 6.07) is 9.18. The van der Waals surface area contributed by atoms with E-state index in [2.05, 4.69) is 5.32 Å². The van der Waals surface area contributed by atoms with E-state index < -0.39 is 45.7 Å². The van der Waals surface area contributed by atoms with Crippen LogP contribution in [0.25, 0.3) is 0 Å². The number of nitrogens with one attached hydrogen (secondary N) is 1. The predicted octanol–water partition coefficient (Wildman–Crippen LogP) is 6.69. The number of anilines is 1. The van der Waals surface area contributed by atoms with Gasteiger partial charge >= 0.3 is 18.0 Å². The van der Waals surface area contributed by atoms with Crippen LogP contribution < -0.4 is 14.8 Å². The summed E-state index contributed by atoms with van der Waals surface area (Å²) >= 11 is 0. The zero-order valence-electron chi connectivity index (χ0n) is 17.5. The molecule has 35 heavy (non-hydrogen) atoms. The summed E-state index contributed by atoms with van der Waals surface area (Å²) in [5.74, 6) is -1.92. The van der Waals surface area contributed by atoms with Crippen molar-refractivity contribution in [3.8, 4) is 17.2 Å². The number of hydrogen-bond acceptors (Lipinski definition) is 5. The van der Waals surface area contributed by atoms with Crippen molar-refractivity contribution in [2.75, 3.05) is 12.4 Å². The SMILES string of the molecule is COc1ccc(C(F)(F)F)cc1NC(=O)c1ccccc1Oc1ccc(C(F)(F)F)cc1[N+](=O)[O-]. The molecular formula is C22H14F6N2O5. The second-order valence-corrected chi connectivity index (χ2v) is 6.90. The van der Waals surface area contributed by atoms with E-state index in [4.69, 9.17) is 9.47 Å². The molecule has 0 unspecified atom stereocenters. The number of ether oxygens (including phenoxy) is 2. The highest BCUT2D eigenvalue weighted by Gasteiger charge is 2.34. The molecule has 0 atom stereocenters. The van der Waals surface area contributed by atoms with Crippen LogP contribution in [0.3, 0.4) is 0 Å². The molecule has 3 aromatic rings. The van der Waals surface area contributed by atoms with Crippen LogP contribution in [-0.2, 0) is 12.4 Å². The molecule has 0 saturated carbocycles. The highest BCUT2D eigenvalue weighted by Crippen LogP contribution is 2.39. The van der Waals surface area contributed by atoms with Gasteiger partial charge in [-0.15, -0.1) is 0 Å². The van der Waals surface area contributed by atoms with Crippen molar-refractivity contribution in [3.63, 3.8) is 0 Å². The van der Waals surface area contributed by atoms with E-state index in [0.29, 0.717) is 12.1 Å². The largest absolute Gasteiger partial charge is 0.495 e. The topological polar surface area (TPSA) is 90.7 Å². The molecule has 0 aliphatic rings. The Kier molecular flexibility index (Phi) is 6.89. The number of para-hydroxylation sites is 1. The highest BCUT2D eigenvalue weighted by molar-refractivity contribution is 6.07. The van der Waals surface area contributed by atoms with Gasteiger partial charge in [0.05, 0.1) is 34.4 Å². The zero-order chi connectivity index (χ0) is 26.0. The summed E-state index contributed by atoms with van der Waals surface area (Å²) in [6.45, 7) is 0. The molecule has 0 aromatic heterocycles. The van der Waals surface area contributed by atoms with Crippen LogP contribution in [0.4, 0.5) is 37.7 Å². The molecule has 0 bridgehead atoms. The minimum atomic E-state index is -4.84. The van der Waals surface area contributed by atoms with Crippen molar-refractivity contribution in [2.24, 2.45) is 0 Å². The number of amides is 1. The van der Waals surface area contributed by atoms with Crippen molar-refractivity contribution < 1.29 is 45.5 Å². The maximum absolute atomic E-state index is 13.1. The number of nitrogens with zero attached hydrogens (tertiary/aromatic N) is 1. The lowest BCUT2D eigenvalue weighted by Gasteiger charge is -2.15. The maximum atomic E-state index is 13.1. The van der Waals surface area contributed by atoms with Gasteiger partial charge in [0.1, 0.15) is 11.5 Å². The van der Waals surface area contributed by atoms with E-state index in [1.165, 1.54) is 31.4 Å². The van der Waals surface area contributed by atoms with Crippen LogP contribution in [0.2, 0.25) is 0 Å². The van der Waals surface area contributed by atoms with Gasteiger partial charge in [-0.25, -0.2) is 0 Å². The zero-order valence-corrected chi connectivity index (χ0v) is 17.5. The molecule has 0 heterocycles. The summed E-state index contributed by atoms with van der Waals surface area (Å²) < 4.78 is 88.4. The summed E-state index contributed by atoms with van der Waals surface area (Å²) in [7, 11) is 1.18. The second-order valence-electron chi connectivity index (χ2n) is 6.90. The van der Waals surface area contributed by atoms with Gasteiger partial charge in [-0.3, -0.25) is 14.9 Å². The lowest BCUT2D eigenvalue weighted by molar-refractivity contribution is -0.385. The van der Waals surface area contributed by atoms with E-state index in [9.17, 15) is 41.3 Å². The molecule has 7 nitrogen and oxygen atoms in total.